The monoisotopic (exact) mass is 324 g/mol. The molecule has 1 heterocycles. The topological polar surface area (TPSA) is 66.5 Å². The van der Waals surface area contributed by atoms with Gasteiger partial charge in [-0.25, -0.2) is 8.42 Å². The Bertz CT molecular complexity index is 641. The molecule has 6 heteroatoms. The molecule has 122 valence electrons. The first-order valence-corrected chi connectivity index (χ1v) is 9.19. The van der Waals surface area contributed by atoms with Gasteiger partial charge < -0.3 is 10.2 Å². The zero-order valence-corrected chi connectivity index (χ0v) is 14.2. The lowest BCUT2D eigenvalue weighted by Gasteiger charge is -2.30. The van der Waals surface area contributed by atoms with Gasteiger partial charge in [-0.1, -0.05) is 12.1 Å². The number of nitrogens with zero attached hydrogens (tertiary/aromatic N) is 1. The molecule has 5 nitrogen and oxygen atoms in total. The first-order valence-electron chi connectivity index (χ1n) is 7.64. The summed E-state index contributed by atoms with van der Waals surface area (Å²) in [4.78, 5) is 14.8. The van der Waals surface area contributed by atoms with Crippen molar-refractivity contribution in [1.29, 1.82) is 0 Å². The van der Waals surface area contributed by atoms with Gasteiger partial charge in [-0.2, -0.15) is 0 Å². The van der Waals surface area contributed by atoms with Gasteiger partial charge in [0.15, 0.2) is 9.84 Å². The number of rotatable bonds is 4. The number of hydrogen-bond donors (Lipinski definition) is 1. The van der Waals surface area contributed by atoms with Gasteiger partial charge in [0.25, 0.3) is 5.91 Å². The van der Waals surface area contributed by atoms with Gasteiger partial charge in [-0.15, -0.1) is 0 Å². The summed E-state index contributed by atoms with van der Waals surface area (Å²) in [6, 6.07) is 6.51. The number of carbonyl (C=O) groups excluding carboxylic acids is 1. The van der Waals surface area contributed by atoms with Gasteiger partial charge in [0, 0.05) is 12.6 Å². The Kier molecular flexibility index (Phi) is 5.24. The second kappa shape index (κ2) is 6.79. The Hall–Kier alpha value is -1.40. The van der Waals surface area contributed by atoms with Crippen molar-refractivity contribution in [2.75, 3.05) is 20.1 Å². The molecule has 0 aliphatic carbocycles. The highest BCUT2D eigenvalue weighted by atomic mass is 32.2. The highest BCUT2D eigenvalue weighted by Crippen LogP contribution is 2.21. The molecule has 1 aliphatic heterocycles. The summed E-state index contributed by atoms with van der Waals surface area (Å²) in [6.07, 6.45) is 1.96. The molecular formula is C16H24N2O3S. The van der Waals surface area contributed by atoms with Crippen molar-refractivity contribution in [3.63, 3.8) is 0 Å². The smallest absolute Gasteiger partial charge is 0.252 e. The summed E-state index contributed by atoms with van der Waals surface area (Å²) in [6.45, 7) is 5.08. The minimum Gasteiger partial charge on any atom is -0.348 e. The maximum atomic E-state index is 12.5. The van der Waals surface area contributed by atoms with Crippen molar-refractivity contribution in [1.82, 2.24) is 10.2 Å². The molecule has 0 aromatic heterocycles. The number of amides is 1. The summed E-state index contributed by atoms with van der Waals surface area (Å²) in [5.41, 5.74) is 0.240. The van der Waals surface area contributed by atoms with E-state index in [-0.39, 0.29) is 22.4 Å². The van der Waals surface area contributed by atoms with E-state index in [1.54, 1.807) is 32.0 Å². The second-order valence-electron chi connectivity index (χ2n) is 6.16. The number of nitrogens with one attached hydrogen (secondary N) is 1. The zero-order chi connectivity index (χ0) is 16.3. The van der Waals surface area contributed by atoms with E-state index >= 15 is 0 Å². The highest BCUT2D eigenvalue weighted by molar-refractivity contribution is 7.92. The van der Waals surface area contributed by atoms with Gasteiger partial charge in [0.05, 0.1) is 15.7 Å². The van der Waals surface area contributed by atoms with E-state index in [2.05, 4.69) is 10.2 Å². The van der Waals surface area contributed by atoms with Crippen LogP contribution in [0.5, 0.6) is 0 Å². The quantitative estimate of drug-likeness (QED) is 0.915. The molecule has 1 aromatic rings. The van der Waals surface area contributed by atoms with Crippen molar-refractivity contribution in [3.05, 3.63) is 29.8 Å². The molecule has 1 N–H and O–H groups in total. The fourth-order valence-corrected chi connectivity index (χ4v) is 3.95. The molecule has 1 saturated heterocycles. The van der Waals surface area contributed by atoms with E-state index in [0.29, 0.717) is 0 Å². The first kappa shape index (κ1) is 17.0. The Morgan fingerprint density at radius 3 is 2.64 bits per heavy atom. The van der Waals surface area contributed by atoms with E-state index in [9.17, 15) is 13.2 Å². The maximum Gasteiger partial charge on any atom is 0.252 e. The Balaban J connectivity index is 2.24. The van der Waals surface area contributed by atoms with Crippen molar-refractivity contribution in [3.8, 4) is 0 Å². The van der Waals surface area contributed by atoms with Crippen LogP contribution in [0.3, 0.4) is 0 Å². The fraction of sp³-hybridized carbons (Fsp3) is 0.562. The van der Waals surface area contributed by atoms with E-state index in [1.165, 1.54) is 6.07 Å². The van der Waals surface area contributed by atoms with Crippen LogP contribution in [0.2, 0.25) is 0 Å². The molecular weight excluding hydrogens is 300 g/mol. The molecule has 2 rings (SSSR count). The van der Waals surface area contributed by atoms with Gasteiger partial charge >= 0.3 is 0 Å². The molecule has 0 spiro atoms. The normalized spacial score (nSPS) is 20.1. The van der Waals surface area contributed by atoms with E-state index in [0.717, 1.165) is 25.9 Å². The van der Waals surface area contributed by atoms with E-state index in [1.807, 2.05) is 7.05 Å². The molecule has 0 bridgehead atoms. The average Bonchev–Trinajstić information content (AvgIpc) is 2.47. The van der Waals surface area contributed by atoms with Crippen LogP contribution in [-0.4, -0.2) is 50.7 Å². The number of likely N-dealkylation sites (N-methyl/N-ethyl adjacent to an activating group) is 1. The fourth-order valence-electron chi connectivity index (χ4n) is 2.70. The van der Waals surface area contributed by atoms with Crippen LogP contribution in [0, 0.1) is 0 Å². The summed E-state index contributed by atoms with van der Waals surface area (Å²) in [5, 5.41) is 2.42. The number of sulfone groups is 1. The minimum absolute atomic E-state index is 0.0704. The lowest BCUT2D eigenvalue weighted by atomic mass is 10.1. The lowest BCUT2D eigenvalue weighted by Crippen LogP contribution is -2.46. The molecule has 1 fully saturated rings. The van der Waals surface area contributed by atoms with Crippen LogP contribution in [0.4, 0.5) is 0 Å². The number of carbonyl (C=O) groups is 1. The van der Waals surface area contributed by atoms with Gasteiger partial charge in [-0.05, 0) is 52.4 Å². The summed E-state index contributed by atoms with van der Waals surface area (Å²) < 4.78 is 24.8. The molecule has 22 heavy (non-hydrogen) atoms. The van der Waals surface area contributed by atoms with Crippen molar-refractivity contribution < 1.29 is 13.2 Å². The third-order valence-corrected chi connectivity index (χ3v) is 6.23. The Morgan fingerprint density at radius 1 is 1.32 bits per heavy atom. The predicted octanol–water partition coefficient (Wildman–Crippen LogP) is 1.69. The van der Waals surface area contributed by atoms with Gasteiger partial charge in [-0.3, -0.25) is 4.79 Å². The zero-order valence-electron chi connectivity index (χ0n) is 13.4. The summed E-state index contributed by atoms with van der Waals surface area (Å²) >= 11 is 0. The van der Waals surface area contributed by atoms with Crippen LogP contribution in [0.25, 0.3) is 0 Å². The van der Waals surface area contributed by atoms with Crippen molar-refractivity contribution >= 4 is 15.7 Å². The predicted molar refractivity (Wildman–Crippen MR) is 86.7 cm³/mol. The molecule has 0 unspecified atom stereocenters. The average molecular weight is 324 g/mol. The number of hydrogen-bond acceptors (Lipinski definition) is 4. The van der Waals surface area contributed by atoms with Crippen LogP contribution >= 0.6 is 0 Å². The molecule has 0 saturated carbocycles. The number of benzene rings is 1. The molecule has 1 aliphatic rings. The molecule has 0 radical (unpaired) electrons. The van der Waals surface area contributed by atoms with Gasteiger partial charge in [0.2, 0.25) is 0 Å². The summed E-state index contributed by atoms with van der Waals surface area (Å²) in [7, 11) is -1.45. The maximum absolute atomic E-state index is 12.5. The van der Waals surface area contributed by atoms with Gasteiger partial charge in [0.1, 0.15) is 0 Å². The minimum atomic E-state index is -3.48. The van der Waals surface area contributed by atoms with Crippen LogP contribution in [-0.2, 0) is 9.84 Å². The largest absolute Gasteiger partial charge is 0.348 e. The highest BCUT2D eigenvalue weighted by Gasteiger charge is 2.27. The molecule has 1 amide bonds. The standard InChI is InChI=1S/C16H24N2O3S/c1-12(2)22(20,21)15-9-5-4-8-14(15)16(19)17-13-7-6-10-18(3)11-13/h4-5,8-9,12-13H,6-7,10-11H2,1-3H3,(H,17,19)/t13-/m1/s1. The Morgan fingerprint density at radius 2 is 2.00 bits per heavy atom. The van der Waals surface area contributed by atoms with E-state index in [4.69, 9.17) is 0 Å². The lowest BCUT2D eigenvalue weighted by molar-refractivity contribution is 0.0909. The summed E-state index contributed by atoms with van der Waals surface area (Å²) in [5.74, 6) is -0.305. The molecule has 1 aromatic carbocycles. The van der Waals surface area contributed by atoms with E-state index < -0.39 is 15.1 Å². The number of piperidine rings is 1. The molecule has 1 atom stereocenters. The number of likely N-dealkylation sites (tertiary alicyclic amines) is 1. The van der Waals surface area contributed by atoms with Crippen molar-refractivity contribution in [2.24, 2.45) is 0 Å². The second-order valence-corrected chi connectivity index (χ2v) is 8.64. The first-order chi connectivity index (χ1) is 10.3. The van der Waals surface area contributed by atoms with Crippen LogP contribution in [0.15, 0.2) is 29.2 Å². The van der Waals surface area contributed by atoms with Crippen LogP contribution in [0.1, 0.15) is 37.0 Å². The SMILES string of the molecule is CC(C)S(=O)(=O)c1ccccc1C(=O)N[C@@H]1CCCN(C)C1. The third-order valence-electron chi connectivity index (χ3n) is 4.02. The van der Waals surface area contributed by atoms with Crippen LogP contribution < -0.4 is 5.32 Å². The van der Waals surface area contributed by atoms with Crippen molar-refractivity contribution in [2.45, 2.75) is 42.9 Å². The third kappa shape index (κ3) is 3.67. The Labute approximate surface area is 132 Å².